The van der Waals surface area contributed by atoms with Gasteiger partial charge in [0, 0.05) is 17.6 Å². The molecule has 0 saturated heterocycles. The number of aromatic nitrogens is 2. The van der Waals surface area contributed by atoms with E-state index in [1.54, 1.807) is 24.3 Å². The molecular weight excluding hydrogens is 266 g/mol. The molecule has 1 aromatic heterocycles. The van der Waals surface area contributed by atoms with E-state index in [0.29, 0.717) is 22.9 Å². The fourth-order valence-corrected chi connectivity index (χ4v) is 1.75. The lowest BCUT2D eigenvalue weighted by Crippen LogP contribution is -2.23. The van der Waals surface area contributed by atoms with Crippen LogP contribution in [0.15, 0.2) is 35.1 Å². The summed E-state index contributed by atoms with van der Waals surface area (Å²) < 4.78 is 1.24. The van der Waals surface area contributed by atoms with Crippen molar-refractivity contribution >= 4 is 11.6 Å². The quantitative estimate of drug-likeness (QED) is 0.894. The van der Waals surface area contributed by atoms with Crippen LogP contribution in [0.5, 0.6) is 5.75 Å². The van der Waals surface area contributed by atoms with Crippen LogP contribution in [0.2, 0.25) is 5.02 Å². The van der Waals surface area contributed by atoms with Gasteiger partial charge in [-0.05, 0) is 30.8 Å². The number of hydrogen-bond donors (Lipinski definition) is 2. The first kappa shape index (κ1) is 13.6. The van der Waals surface area contributed by atoms with Crippen molar-refractivity contribution in [1.82, 2.24) is 15.1 Å². The zero-order chi connectivity index (χ0) is 13.8. The monoisotopic (exact) mass is 279 g/mol. The summed E-state index contributed by atoms with van der Waals surface area (Å²) in [5, 5.41) is 17.5. The number of nitrogens with one attached hydrogen (secondary N) is 1. The van der Waals surface area contributed by atoms with E-state index in [-0.39, 0.29) is 11.3 Å². The second-order valence-corrected chi connectivity index (χ2v) is 4.42. The van der Waals surface area contributed by atoms with E-state index in [9.17, 15) is 9.90 Å². The molecule has 2 rings (SSSR count). The van der Waals surface area contributed by atoms with Gasteiger partial charge in [-0.25, -0.2) is 0 Å². The van der Waals surface area contributed by atoms with Crippen LogP contribution in [0.25, 0.3) is 5.69 Å². The number of halogens is 1. The van der Waals surface area contributed by atoms with E-state index >= 15 is 0 Å². The minimum Gasteiger partial charge on any atom is -0.506 e. The normalized spacial score (nSPS) is 10.6. The lowest BCUT2D eigenvalue weighted by Gasteiger charge is -2.09. The van der Waals surface area contributed by atoms with Crippen LogP contribution in [0.3, 0.4) is 0 Å². The van der Waals surface area contributed by atoms with Gasteiger partial charge in [-0.15, -0.1) is 0 Å². The highest BCUT2D eigenvalue weighted by Crippen LogP contribution is 2.14. The van der Waals surface area contributed by atoms with Crippen LogP contribution < -0.4 is 10.9 Å². The Balaban J connectivity index is 2.45. The molecule has 0 bridgehead atoms. The summed E-state index contributed by atoms with van der Waals surface area (Å²) in [6.45, 7) is 3.10. The molecule has 0 aliphatic rings. The van der Waals surface area contributed by atoms with Gasteiger partial charge in [0.2, 0.25) is 0 Å². The fraction of sp³-hybridized carbons (Fsp3) is 0.231. The van der Waals surface area contributed by atoms with Crippen LogP contribution >= 0.6 is 11.6 Å². The number of aromatic hydroxyl groups is 1. The summed E-state index contributed by atoms with van der Waals surface area (Å²) in [5.41, 5.74) is 0.642. The highest BCUT2D eigenvalue weighted by molar-refractivity contribution is 6.30. The molecule has 0 amide bonds. The maximum absolute atomic E-state index is 11.8. The predicted molar refractivity (Wildman–Crippen MR) is 73.9 cm³/mol. The number of benzene rings is 1. The first-order valence-electron chi connectivity index (χ1n) is 5.90. The van der Waals surface area contributed by atoms with Crippen molar-refractivity contribution in [2.45, 2.75) is 13.5 Å². The molecule has 0 aliphatic carbocycles. The van der Waals surface area contributed by atoms with Crippen molar-refractivity contribution in [2.24, 2.45) is 0 Å². The van der Waals surface area contributed by atoms with E-state index in [1.807, 2.05) is 6.92 Å². The molecule has 0 fully saturated rings. The van der Waals surface area contributed by atoms with Crippen molar-refractivity contribution in [1.29, 1.82) is 0 Å². The van der Waals surface area contributed by atoms with E-state index in [1.165, 1.54) is 4.68 Å². The first-order valence-corrected chi connectivity index (χ1v) is 6.28. The average Bonchev–Trinajstić information content (AvgIpc) is 2.39. The lowest BCUT2D eigenvalue weighted by molar-refractivity contribution is 0.452. The van der Waals surface area contributed by atoms with Gasteiger partial charge in [-0.2, -0.15) is 9.78 Å². The molecule has 0 saturated carbocycles. The number of rotatable bonds is 4. The molecule has 5 nitrogen and oxygen atoms in total. The predicted octanol–water partition coefficient (Wildman–Crippen LogP) is 1.70. The fourth-order valence-electron chi connectivity index (χ4n) is 1.62. The molecular formula is C13H14ClN3O2. The molecule has 19 heavy (non-hydrogen) atoms. The van der Waals surface area contributed by atoms with Crippen LogP contribution in [0.1, 0.15) is 12.6 Å². The van der Waals surface area contributed by atoms with E-state index in [4.69, 9.17) is 11.6 Å². The molecule has 2 aromatic rings. The summed E-state index contributed by atoms with van der Waals surface area (Å²) in [7, 11) is 0. The molecule has 0 aliphatic heterocycles. The van der Waals surface area contributed by atoms with Gasteiger partial charge in [0.15, 0.2) is 0 Å². The standard InChI is InChI=1S/C13H14ClN3O2/c1-2-15-8-11-12(18)7-13(19)17(16-11)10-5-3-9(14)4-6-10/h3-7,15,18H,2,8H2,1H3. The zero-order valence-electron chi connectivity index (χ0n) is 10.4. The van der Waals surface area contributed by atoms with Crippen molar-refractivity contribution in [3.63, 3.8) is 0 Å². The largest absolute Gasteiger partial charge is 0.506 e. The molecule has 1 heterocycles. The highest BCUT2D eigenvalue weighted by atomic mass is 35.5. The van der Waals surface area contributed by atoms with Gasteiger partial charge in [0.1, 0.15) is 11.4 Å². The number of hydrogen-bond acceptors (Lipinski definition) is 4. The number of nitrogens with zero attached hydrogens (tertiary/aromatic N) is 2. The van der Waals surface area contributed by atoms with E-state index < -0.39 is 0 Å². The minimum absolute atomic E-state index is 0.101. The Kier molecular flexibility index (Phi) is 4.19. The summed E-state index contributed by atoms with van der Waals surface area (Å²) in [4.78, 5) is 11.8. The summed E-state index contributed by atoms with van der Waals surface area (Å²) in [6, 6.07) is 7.92. The van der Waals surface area contributed by atoms with Crippen LogP contribution in [0.4, 0.5) is 0 Å². The van der Waals surface area contributed by atoms with Gasteiger partial charge < -0.3 is 10.4 Å². The topological polar surface area (TPSA) is 67.2 Å². The average molecular weight is 280 g/mol. The summed E-state index contributed by atoms with van der Waals surface area (Å²) in [6.07, 6.45) is 0. The van der Waals surface area contributed by atoms with Gasteiger partial charge >= 0.3 is 0 Å². The van der Waals surface area contributed by atoms with Crippen LogP contribution in [-0.2, 0) is 6.54 Å². The molecule has 0 spiro atoms. The summed E-state index contributed by atoms with van der Waals surface area (Å²) in [5.74, 6) is -0.101. The lowest BCUT2D eigenvalue weighted by atomic mass is 10.3. The Morgan fingerprint density at radius 3 is 2.68 bits per heavy atom. The molecule has 6 heteroatoms. The van der Waals surface area contributed by atoms with Crippen LogP contribution in [-0.4, -0.2) is 21.4 Å². The SMILES string of the molecule is CCNCc1nn(-c2ccc(Cl)cc2)c(=O)cc1O. The maximum Gasteiger partial charge on any atom is 0.275 e. The third-order valence-electron chi connectivity index (χ3n) is 2.60. The Morgan fingerprint density at radius 2 is 2.05 bits per heavy atom. The Bertz CT molecular complexity index is 623. The van der Waals surface area contributed by atoms with Gasteiger partial charge in [0.05, 0.1) is 5.69 Å². The maximum atomic E-state index is 11.8. The molecule has 0 unspecified atom stereocenters. The Hall–Kier alpha value is -1.85. The van der Waals surface area contributed by atoms with Gasteiger partial charge in [-0.3, -0.25) is 4.79 Å². The van der Waals surface area contributed by atoms with Crippen molar-refractivity contribution in [3.8, 4) is 11.4 Å². The Morgan fingerprint density at radius 1 is 1.37 bits per heavy atom. The smallest absolute Gasteiger partial charge is 0.275 e. The second-order valence-electron chi connectivity index (χ2n) is 3.98. The first-order chi connectivity index (χ1) is 9.11. The highest BCUT2D eigenvalue weighted by Gasteiger charge is 2.08. The molecule has 0 radical (unpaired) electrons. The molecule has 0 atom stereocenters. The van der Waals surface area contributed by atoms with Crippen molar-refractivity contribution in [3.05, 3.63) is 51.4 Å². The molecule has 2 N–H and O–H groups in total. The molecule has 1 aromatic carbocycles. The molecule has 100 valence electrons. The van der Waals surface area contributed by atoms with Crippen molar-refractivity contribution < 1.29 is 5.11 Å². The van der Waals surface area contributed by atoms with Gasteiger partial charge in [-0.1, -0.05) is 18.5 Å². The van der Waals surface area contributed by atoms with E-state index in [0.717, 1.165) is 12.6 Å². The van der Waals surface area contributed by atoms with Crippen molar-refractivity contribution in [2.75, 3.05) is 6.54 Å². The van der Waals surface area contributed by atoms with Gasteiger partial charge in [0.25, 0.3) is 5.56 Å². The summed E-state index contributed by atoms with van der Waals surface area (Å²) >= 11 is 5.81. The van der Waals surface area contributed by atoms with E-state index in [2.05, 4.69) is 10.4 Å². The third kappa shape index (κ3) is 3.13. The Labute approximate surface area is 115 Å². The minimum atomic E-state index is -0.389. The zero-order valence-corrected chi connectivity index (χ0v) is 11.2. The third-order valence-corrected chi connectivity index (χ3v) is 2.85. The van der Waals surface area contributed by atoms with Crippen LogP contribution in [0, 0.1) is 0 Å². The second kappa shape index (κ2) is 5.86.